The molecule has 1 atom stereocenters. The lowest BCUT2D eigenvalue weighted by Gasteiger charge is -2.15. The van der Waals surface area contributed by atoms with Crippen LogP contribution < -0.4 is 10.6 Å². The molecule has 3 N–H and O–H groups in total. The van der Waals surface area contributed by atoms with Crippen molar-refractivity contribution in [3.63, 3.8) is 0 Å². The number of nitrogens with one attached hydrogen (secondary N) is 3. The van der Waals surface area contributed by atoms with Crippen LogP contribution in [0.5, 0.6) is 0 Å². The lowest BCUT2D eigenvalue weighted by atomic mass is 10.1. The molecule has 0 saturated carbocycles. The van der Waals surface area contributed by atoms with Crippen LogP contribution >= 0.6 is 0 Å². The molecule has 1 aliphatic rings. The summed E-state index contributed by atoms with van der Waals surface area (Å²) in [6.07, 6.45) is 4.28. The number of likely N-dealkylation sites (N-methyl/N-ethyl adjacent to an activating group) is 1. The van der Waals surface area contributed by atoms with Gasteiger partial charge in [0.05, 0.1) is 18.8 Å². The summed E-state index contributed by atoms with van der Waals surface area (Å²) in [4.78, 5) is 50.4. The first-order valence-electron chi connectivity index (χ1n) is 9.74. The van der Waals surface area contributed by atoms with Gasteiger partial charge < -0.3 is 20.1 Å². The van der Waals surface area contributed by atoms with Crippen LogP contribution in [0.3, 0.4) is 0 Å². The Bertz CT molecular complexity index is 1300. The summed E-state index contributed by atoms with van der Waals surface area (Å²) < 4.78 is 5.42. The number of H-pyrrole nitrogens is 1. The minimum Gasteiger partial charge on any atom is -0.358 e. The smallest absolute Gasteiger partial charge is 0.271 e. The van der Waals surface area contributed by atoms with Gasteiger partial charge in [0.15, 0.2) is 17.2 Å². The monoisotopic (exact) mass is 434 g/mol. The summed E-state index contributed by atoms with van der Waals surface area (Å²) in [6, 6.07) is 1.18. The standard InChI is InChI=1S/C19H18N10O3/c1-9(13-3-11(28-32-13)18-25-12-4-20-7-22-17(12)27-18)24-19(31)15-10-5-29(2)6-14(30)26-16(10)23-8-21-15/h3-4,7-9H,5-6H2,1-2H3,(H,24,31)(H,20,22,25,27)(H,21,23,26,30)/t9-/m1/s1. The minimum atomic E-state index is -0.503. The van der Waals surface area contributed by atoms with Crippen molar-refractivity contribution in [2.24, 2.45) is 0 Å². The molecule has 0 aromatic carbocycles. The van der Waals surface area contributed by atoms with Crippen LogP contribution in [-0.4, -0.2) is 65.4 Å². The number of hydrogen-bond donors (Lipinski definition) is 3. The van der Waals surface area contributed by atoms with Crippen molar-refractivity contribution in [2.75, 3.05) is 18.9 Å². The number of aromatic amines is 1. The van der Waals surface area contributed by atoms with Crippen molar-refractivity contribution in [3.05, 3.63) is 41.9 Å². The van der Waals surface area contributed by atoms with Gasteiger partial charge in [-0.15, -0.1) is 0 Å². The van der Waals surface area contributed by atoms with E-state index in [1.807, 2.05) is 0 Å². The second-order valence-electron chi connectivity index (χ2n) is 7.43. The fourth-order valence-electron chi connectivity index (χ4n) is 3.43. The Morgan fingerprint density at radius 3 is 2.97 bits per heavy atom. The second-order valence-corrected chi connectivity index (χ2v) is 7.43. The van der Waals surface area contributed by atoms with Crippen LogP contribution in [0.1, 0.15) is 34.8 Å². The zero-order chi connectivity index (χ0) is 22.2. The molecule has 13 nitrogen and oxygen atoms in total. The van der Waals surface area contributed by atoms with Crippen LogP contribution in [-0.2, 0) is 11.3 Å². The first-order chi connectivity index (χ1) is 15.5. The van der Waals surface area contributed by atoms with E-state index in [2.05, 4.69) is 45.7 Å². The number of amides is 2. The van der Waals surface area contributed by atoms with Gasteiger partial charge in [0.2, 0.25) is 5.91 Å². The molecule has 32 heavy (non-hydrogen) atoms. The molecular weight excluding hydrogens is 416 g/mol. The number of hydrogen-bond acceptors (Lipinski definition) is 10. The van der Waals surface area contributed by atoms with Gasteiger partial charge in [-0.3, -0.25) is 14.5 Å². The van der Waals surface area contributed by atoms with Gasteiger partial charge in [-0.2, -0.15) is 0 Å². The number of aromatic nitrogens is 7. The van der Waals surface area contributed by atoms with Crippen molar-refractivity contribution in [3.8, 4) is 11.5 Å². The second kappa shape index (κ2) is 7.77. The minimum absolute atomic E-state index is 0.187. The van der Waals surface area contributed by atoms with Gasteiger partial charge in [-0.1, -0.05) is 5.16 Å². The number of carbonyl (C=O) groups is 2. The van der Waals surface area contributed by atoms with Gasteiger partial charge >= 0.3 is 0 Å². The number of fused-ring (bicyclic) bond motifs is 2. The topological polar surface area (TPSA) is 168 Å². The van der Waals surface area contributed by atoms with E-state index >= 15 is 0 Å². The van der Waals surface area contributed by atoms with E-state index in [0.29, 0.717) is 46.4 Å². The third-order valence-electron chi connectivity index (χ3n) is 4.97. The summed E-state index contributed by atoms with van der Waals surface area (Å²) in [5.41, 5.74) is 2.40. The fraction of sp³-hybridized carbons (Fsp3) is 0.263. The first kappa shape index (κ1) is 19.7. The quantitative estimate of drug-likeness (QED) is 0.415. The van der Waals surface area contributed by atoms with E-state index in [-0.39, 0.29) is 18.1 Å². The van der Waals surface area contributed by atoms with Crippen LogP contribution in [0.15, 0.2) is 29.4 Å². The maximum Gasteiger partial charge on any atom is 0.271 e. The molecule has 13 heteroatoms. The fourth-order valence-corrected chi connectivity index (χ4v) is 3.43. The molecule has 0 aliphatic carbocycles. The normalized spacial score (nSPS) is 15.1. The molecule has 5 heterocycles. The highest BCUT2D eigenvalue weighted by atomic mass is 16.5. The average Bonchev–Trinajstić information content (AvgIpc) is 3.38. The highest BCUT2D eigenvalue weighted by molar-refractivity contribution is 5.98. The van der Waals surface area contributed by atoms with Gasteiger partial charge in [-0.25, -0.2) is 24.9 Å². The first-order valence-corrected chi connectivity index (χ1v) is 9.74. The molecule has 1 aliphatic heterocycles. The van der Waals surface area contributed by atoms with Crippen LogP contribution in [0, 0.1) is 0 Å². The third kappa shape index (κ3) is 3.65. The number of carbonyl (C=O) groups excluding carboxylic acids is 2. The van der Waals surface area contributed by atoms with E-state index in [9.17, 15) is 9.59 Å². The van der Waals surface area contributed by atoms with Gasteiger partial charge in [0.25, 0.3) is 5.91 Å². The molecule has 2 amide bonds. The largest absolute Gasteiger partial charge is 0.358 e. The maximum absolute atomic E-state index is 13.0. The summed E-state index contributed by atoms with van der Waals surface area (Å²) in [5.74, 6) is 0.634. The predicted octanol–water partition coefficient (Wildman–Crippen LogP) is 0.673. The number of anilines is 1. The van der Waals surface area contributed by atoms with E-state index in [1.54, 1.807) is 31.1 Å². The van der Waals surface area contributed by atoms with E-state index in [1.165, 1.54) is 12.7 Å². The van der Waals surface area contributed by atoms with Crippen molar-refractivity contribution < 1.29 is 14.1 Å². The molecule has 5 rings (SSSR count). The van der Waals surface area contributed by atoms with E-state index in [4.69, 9.17) is 4.52 Å². The Morgan fingerprint density at radius 2 is 2.12 bits per heavy atom. The summed E-state index contributed by atoms with van der Waals surface area (Å²) in [5, 5.41) is 9.59. The van der Waals surface area contributed by atoms with Crippen LogP contribution in [0.4, 0.5) is 5.82 Å². The molecule has 0 radical (unpaired) electrons. The molecular formula is C19H18N10O3. The maximum atomic E-state index is 13.0. The van der Waals surface area contributed by atoms with Crippen LogP contribution in [0.25, 0.3) is 22.7 Å². The lowest BCUT2D eigenvalue weighted by Crippen LogP contribution is -2.29. The molecule has 0 spiro atoms. The summed E-state index contributed by atoms with van der Waals surface area (Å²) >= 11 is 0. The highest BCUT2D eigenvalue weighted by Crippen LogP contribution is 2.24. The highest BCUT2D eigenvalue weighted by Gasteiger charge is 2.26. The van der Waals surface area contributed by atoms with E-state index < -0.39 is 11.9 Å². The number of nitrogens with zero attached hydrogens (tertiary/aromatic N) is 7. The zero-order valence-electron chi connectivity index (χ0n) is 17.2. The Hall–Kier alpha value is -4.26. The third-order valence-corrected chi connectivity index (χ3v) is 4.97. The molecule has 0 unspecified atom stereocenters. The van der Waals surface area contributed by atoms with Gasteiger partial charge in [0, 0.05) is 18.2 Å². The summed E-state index contributed by atoms with van der Waals surface area (Å²) in [6.45, 7) is 2.32. The Kier molecular flexibility index (Phi) is 4.78. The van der Waals surface area contributed by atoms with Crippen molar-refractivity contribution >= 4 is 28.8 Å². The molecule has 4 aromatic heterocycles. The Morgan fingerprint density at radius 1 is 1.25 bits per heavy atom. The van der Waals surface area contributed by atoms with Crippen LogP contribution in [0.2, 0.25) is 0 Å². The summed E-state index contributed by atoms with van der Waals surface area (Å²) in [7, 11) is 1.78. The number of rotatable bonds is 4. The van der Waals surface area contributed by atoms with Gasteiger partial charge in [0.1, 0.15) is 35.4 Å². The van der Waals surface area contributed by atoms with E-state index in [0.717, 1.165) is 0 Å². The zero-order valence-corrected chi connectivity index (χ0v) is 17.2. The average molecular weight is 434 g/mol. The molecule has 0 fully saturated rings. The molecule has 4 aromatic rings. The molecule has 0 bridgehead atoms. The SMILES string of the molecule is C[C@@H](NC(=O)c1ncnc2c1CN(C)CC(=O)N2)c1cc(-c2nc3ncncc3[nH]2)no1. The van der Waals surface area contributed by atoms with Crippen molar-refractivity contribution in [1.29, 1.82) is 0 Å². The van der Waals surface area contributed by atoms with Gasteiger partial charge in [-0.05, 0) is 14.0 Å². The van der Waals surface area contributed by atoms with Crippen molar-refractivity contribution in [2.45, 2.75) is 19.5 Å². The van der Waals surface area contributed by atoms with Crippen molar-refractivity contribution in [1.82, 2.24) is 45.3 Å². The Balaban J connectivity index is 1.36. The lowest BCUT2D eigenvalue weighted by molar-refractivity contribution is -0.116. The Labute approximate surface area is 180 Å². The molecule has 0 saturated heterocycles. The predicted molar refractivity (Wildman–Crippen MR) is 110 cm³/mol. The number of imidazole rings is 1. The molecule has 162 valence electrons.